The van der Waals surface area contributed by atoms with Crippen molar-refractivity contribution < 1.29 is 27.4 Å². The largest absolute Gasteiger partial charge is 0.489 e. The Morgan fingerprint density at radius 2 is 2.10 bits per heavy atom. The third kappa shape index (κ3) is 5.88. The van der Waals surface area contributed by atoms with Crippen LogP contribution < -0.4 is 15.0 Å². The van der Waals surface area contributed by atoms with E-state index < -0.39 is 17.7 Å². The van der Waals surface area contributed by atoms with Crippen LogP contribution in [0.2, 0.25) is 0 Å². The van der Waals surface area contributed by atoms with Crippen LogP contribution in [0.15, 0.2) is 36.5 Å². The lowest BCUT2D eigenvalue weighted by Gasteiger charge is -2.34. The summed E-state index contributed by atoms with van der Waals surface area (Å²) in [4.78, 5) is 18.4. The number of hydrogen-bond donors (Lipinski definition) is 1. The van der Waals surface area contributed by atoms with Gasteiger partial charge >= 0.3 is 6.18 Å². The van der Waals surface area contributed by atoms with Crippen LogP contribution in [-0.4, -0.2) is 44.3 Å². The number of amides is 1. The molecule has 1 fully saturated rings. The number of halogens is 3. The Morgan fingerprint density at radius 1 is 1.29 bits per heavy atom. The summed E-state index contributed by atoms with van der Waals surface area (Å²) in [5.74, 6) is -0.326. The highest BCUT2D eigenvalue weighted by Gasteiger charge is 2.37. The first-order valence-electron chi connectivity index (χ1n) is 10.1. The van der Waals surface area contributed by atoms with Crippen molar-refractivity contribution in [2.75, 3.05) is 43.6 Å². The molecule has 9 heteroatoms. The number of rotatable bonds is 7. The fraction of sp³-hybridized carbons (Fsp3) is 0.455. The van der Waals surface area contributed by atoms with E-state index in [2.05, 4.69) is 10.3 Å². The second-order valence-electron chi connectivity index (χ2n) is 7.49. The molecule has 1 aliphatic rings. The number of hydrogen-bond acceptors (Lipinski definition) is 5. The van der Waals surface area contributed by atoms with Crippen molar-refractivity contribution in [2.45, 2.75) is 25.9 Å². The molecule has 1 N–H and O–H groups in total. The van der Waals surface area contributed by atoms with Gasteiger partial charge < -0.3 is 19.7 Å². The number of pyridine rings is 1. The minimum Gasteiger partial charge on any atom is -0.489 e. The standard InChI is InChI=1S/C22H26F3N3O3/c1-15-7-8-18(19(13-15)31-12-11-30-2)27-21(29)16-5-4-10-28(14-16)20-17(22(23,24)25)6-3-9-26-20/h3,6-9,13,16H,4-5,10-12,14H2,1-2H3,(H,27,29). The molecular weight excluding hydrogens is 411 g/mol. The van der Waals surface area contributed by atoms with E-state index in [4.69, 9.17) is 9.47 Å². The highest BCUT2D eigenvalue weighted by Crippen LogP contribution is 2.36. The number of carbonyl (C=O) groups is 1. The quantitative estimate of drug-likeness (QED) is 0.655. The lowest BCUT2D eigenvalue weighted by molar-refractivity contribution is -0.137. The monoisotopic (exact) mass is 437 g/mol. The van der Waals surface area contributed by atoms with Crippen molar-refractivity contribution in [1.82, 2.24) is 4.98 Å². The molecule has 0 spiro atoms. The molecular formula is C22H26F3N3O3. The summed E-state index contributed by atoms with van der Waals surface area (Å²) in [7, 11) is 1.57. The van der Waals surface area contributed by atoms with Gasteiger partial charge in [-0.05, 0) is 49.6 Å². The predicted octanol–water partition coefficient (Wildman–Crippen LogP) is 4.29. The van der Waals surface area contributed by atoms with E-state index in [0.29, 0.717) is 44.0 Å². The highest BCUT2D eigenvalue weighted by molar-refractivity contribution is 5.94. The second-order valence-corrected chi connectivity index (χ2v) is 7.49. The van der Waals surface area contributed by atoms with Gasteiger partial charge in [-0.3, -0.25) is 4.79 Å². The first-order valence-corrected chi connectivity index (χ1v) is 10.1. The summed E-state index contributed by atoms with van der Waals surface area (Å²) >= 11 is 0. The van der Waals surface area contributed by atoms with E-state index >= 15 is 0 Å². The smallest absolute Gasteiger partial charge is 0.419 e. The maximum atomic E-state index is 13.4. The minimum absolute atomic E-state index is 0.133. The third-order valence-corrected chi connectivity index (χ3v) is 5.12. The Morgan fingerprint density at radius 3 is 2.84 bits per heavy atom. The molecule has 1 aromatic heterocycles. The molecule has 0 aliphatic carbocycles. The number of carbonyl (C=O) groups excluding carboxylic acids is 1. The van der Waals surface area contributed by atoms with Gasteiger partial charge in [0.05, 0.1) is 23.8 Å². The Labute approximate surface area is 179 Å². The lowest BCUT2D eigenvalue weighted by atomic mass is 9.96. The van der Waals surface area contributed by atoms with Gasteiger partial charge in [-0.1, -0.05) is 6.07 Å². The summed E-state index contributed by atoms with van der Waals surface area (Å²) in [5.41, 5.74) is 0.713. The second kappa shape index (κ2) is 10.00. The van der Waals surface area contributed by atoms with Crippen molar-refractivity contribution >= 4 is 17.4 Å². The SMILES string of the molecule is COCCOc1cc(C)ccc1NC(=O)C1CCCN(c2ncccc2C(F)(F)F)C1. The fourth-order valence-corrected chi connectivity index (χ4v) is 3.58. The van der Waals surface area contributed by atoms with Crippen LogP contribution in [0.25, 0.3) is 0 Å². The number of anilines is 2. The molecule has 0 bridgehead atoms. The lowest BCUT2D eigenvalue weighted by Crippen LogP contribution is -2.42. The van der Waals surface area contributed by atoms with Gasteiger partial charge in [0.2, 0.25) is 5.91 Å². The molecule has 168 valence electrons. The molecule has 1 aromatic carbocycles. The van der Waals surface area contributed by atoms with E-state index in [-0.39, 0.29) is 18.3 Å². The number of aryl methyl sites for hydroxylation is 1. The molecule has 31 heavy (non-hydrogen) atoms. The van der Waals surface area contributed by atoms with Crippen LogP contribution >= 0.6 is 0 Å². The van der Waals surface area contributed by atoms with Crippen LogP contribution in [0, 0.1) is 12.8 Å². The van der Waals surface area contributed by atoms with E-state index in [1.807, 2.05) is 19.1 Å². The average Bonchev–Trinajstić information content (AvgIpc) is 2.75. The highest BCUT2D eigenvalue weighted by atomic mass is 19.4. The molecule has 3 rings (SSSR count). The van der Waals surface area contributed by atoms with Crippen LogP contribution in [0.1, 0.15) is 24.0 Å². The van der Waals surface area contributed by atoms with Gasteiger partial charge in [0.1, 0.15) is 18.2 Å². The van der Waals surface area contributed by atoms with E-state index in [9.17, 15) is 18.0 Å². The van der Waals surface area contributed by atoms with Crippen LogP contribution in [0.3, 0.4) is 0 Å². The van der Waals surface area contributed by atoms with Crippen molar-refractivity contribution in [1.29, 1.82) is 0 Å². The van der Waals surface area contributed by atoms with Crippen LogP contribution in [0.4, 0.5) is 24.7 Å². The molecule has 0 radical (unpaired) electrons. The first-order chi connectivity index (χ1) is 14.8. The van der Waals surface area contributed by atoms with Crippen molar-refractivity contribution in [3.8, 4) is 5.75 Å². The summed E-state index contributed by atoms with van der Waals surface area (Å²) in [6.45, 7) is 3.24. The number of benzene rings is 1. The number of nitrogens with one attached hydrogen (secondary N) is 1. The number of ether oxygens (including phenoxy) is 2. The van der Waals surface area contributed by atoms with Gasteiger partial charge in [-0.2, -0.15) is 13.2 Å². The molecule has 1 aliphatic heterocycles. The first kappa shape index (κ1) is 22.9. The van der Waals surface area contributed by atoms with Gasteiger partial charge in [0.15, 0.2) is 0 Å². The van der Waals surface area contributed by atoms with Crippen LogP contribution in [0.5, 0.6) is 5.75 Å². The van der Waals surface area contributed by atoms with E-state index in [1.54, 1.807) is 18.1 Å². The summed E-state index contributed by atoms with van der Waals surface area (Å²) in [6, 6.07) is 7.72. The van der Waals surface area contributed by atoms with Crippen LogP contribution in [-0.2, 0) is 15.7 Å². The third-order valence-electron chi connectivity index (χ3n) is 5.12. The Bertz CT molecular complexity index is 905. The van der Waals surface area contributed by atoms with Gasteiger partial charge in [-0.25, -0.2) is 4.98 Å². The van der Waals surface area contributed by atoms with Crippen molar-refractivity contribution in [3.63, 3.8) is 0 Å². The topological polar surface area (TPSA) is 63.7 Å². The zero-order valence-corrected chi connectivity index (χ0v) is 17.5. The maximum absolute atomic E-state index is 13.4. The maximum Gasteiger partial charge on any atom is 0.419 e. The molecule has 1 amide bonds. The predicted molar refractivity (Wildman–Crippen MR) is 111 cm³/mol. The van der Waals surface area contributed by atoms with E-state index in [1.165, 1.54) is 12.3 Å². The Hall–Kier alpha value is -2.81. The number of methoxy groups -OCH3 is 1. The van der Waals surface area contributed by atoms with Gasteiger partial charge in [0.25, 0.3) is 0 Å². The molecule has 1 atom stereocenters. The van der Waals surface area contributed by atoms with E-state index in [0.717, 1.165) is 11.6 Å². The number of alkyl halides is 3. The summed E-state index contributed by atoms with van der Waals surface area (Å²) in [5, 5.41) is 2.88. The molecule has 0 saturated carbocycles. The Kier molecular flexibility index (Phi) is 7.37. The minimum atomic E-state index is -4.50. The molecule has 2 aromatic rings. The normalized spacial score (nSPS) is 16.8. The molecule has 6 nitrogen and oxygen atoms in total. The number of piperidine rings is 1. The van der Waals surface area contributed by atoms with Crippen molar-refractivity contribution in [3.05, 3.63) is 47.7 Å². The summed E-state index contributed by atoms with van der Waals surface area (Å²) in [6.07, 6.45) is -1.99. The molecule has 2 heterocycles. The Balaban J connectivity index is 1.73. The zero-order valence-electron chi connectivity index (χ0n) is 17.5. The fourth-order valence-electron chi connectivity index (χ4n) is 3.58. The number of aromatic nitrogens is 1. The zero-order chi connectivity index (χ0) is 22.4. The summed E-state index contributed by atoms with van der Waals surface area (Å²) < 4.78 is 50.8. The molecule has 1 saturated heterocycles. The van der Waals surface area contributed by atoms with Crippen molar-refractivity contribution in [2.24, 2.45) is 5.92 Å². The van der Waals surface area contributed by atoms with Gasteiger partial charge in [-0.15, -0.1) is 0 Å². The molecule has 1 unspecified atom stereocenters. The van der Waals surface area contributed by atoms with Gasteiger partial charge in [0, 0.05) is 26.4 Å². The number of nitrogens with zero attached hydrogens (tertiary/aromatic N) is 2. The average molecular weight is 437 g/mol.